The maximum atomic E-state index is 14.6. The van der Waals surface area contributed by atoms with E-state index in [4.69, 9.17) is 22.9 Å². The van der Waals surface area contributed by atoms with Gasteiger partial charge in [-0.25, -0.2) is 0 Å². The van der Waals surface area contributed by atoms with E-state index in [9.17, 15) is 43.2 Å². The second-order valence-corrected chi connectivity index (χ2v) is 16.7. The van der Waals surface area contributed by atoms with Gasteiger partial charge in [0.05, 0.1) is 6.42 Å². The van der Waals surface area contributed by atoms with Gasteiger partial charge in [-0.15, -0.1) is 0 Å². The zero-order chi connectivity index (χ0) is 50.0. The Morgan fingerprint density at radius 2 is 1.09 bits per heavy atom. The molecule has 22 heteroatoms. The van der Waals surface area contributed by atoms with Gasteiger partial charge < -0.3 is 65.1 Å². The van der Waals surface area contributed by atoms with Crippen LogP contribution in [0.4, 0.5) is 0 Å². The summed E-state index contributed by atoms with van der Waals surface area (Å²) in [5.41, 5.74) is 24.8. The molecule has 7 atom stereocenters. The fraction of sp³-hybridized carbons (Fsp3) is 0.362. The molecule has 366 valence electrons. The van der Waals surface area contributed by atoms with Gasteiger partial charge in [0.2, 0.25) is 53.2 Å². The number of nitrogens with one attached hydrogen (secondary N) is 8. The molecule has 2 heterocycles. The lowest BCUT2D eigenvalue weighted by atomic mass is 10.0. The van der Waals surface area contributed by atoms with E-state index >= 15 is 0 Å². The second-order valence-electron chi connectivity index (χ2n) is 16.7. The molecule has 1 aliphatic rings. The van der Waals surface area contributed by atoms with E-state index in [0.717, 1.165) is 10.9 Å². The number of guanidine groups is 1. The number of rotatable bonds is 13. The van der Waals surface area contributed by atoms with Gasteiger partial charge in [0.25, 0.3) is 0 Å². The zero-order valence-corrected chi connectivity index (χ0v) is 38.0. The Hall–Kier alpha value is -8.30. The van der Waals surface area contributed by atoms with Gasteiger partial charge in [0.1, 0.15) is 42.3 Å². The summed E-state index contributed by atoms with van der Waals surface area (Å²) in [5.74, 6) is -8.20. The van der Waals surface area contributed by atoms with Crippen LogP contribution in [0.3, 0.4) is 0 Å². The molecular weight excluding hydrogens is 891 g/mol. The predicted octanol–water partition coefficient (Wildman–Crippen LogP) is -2.18. The number of amides is 9. The number of nitrogens with zero attached hydrogens (tertiary/aromatic N) is 1. The van der Waals surface area contributed by atoms with Crippen LogP contribution < -0.4 is 60.2 Å². The van der Waals surface area contributed by atoms with Crippen molar-refractivity contribution >= 4 is 70.0 Å². The van der Waals surface area contributed by atoms with Crippen LogP contribution in [0.25, 0.3) is 10.9 Å². The monoisotopic (exact) mass is 949 g/mol. The molecule has 3 aromatic carbocycles. The molecule has 4 aromatic rings. The standard InChI is InChI=1S/C47H59N13O9/c1-26-41(64)57-34(21-27-11-4-2-5-12-27)44(67)56-32(40(49)63)18-19-39(62)55-33(17-10-20-52-47(50)51)42(65)59-36(23-29-25-53-31-16-9-8-15-30(29)31)46(69)58-35(22-28-13-6-3-7-14-28)45(68)60-37(24-38(48)61)43(66)54-26/h2-9,11-16,25-26,32-37,53H,10,17-24H2,1H3,(H2,48,61)(H2,49,63)(H,54,66)(H,55,62)(H,56,67)(H,57,64)(H,58,69)(H,59,65)(H,60,68)(H4,50,51,52)/t26-,32-,33-,34-,35+,36-,37-/m0/s1. The van der Waals surface area contributed by atoms with Crippen molar-refractivity contribution in [2.24, 2.45) is 27.9 Å². The summed E-state index contributed by atoms with van der Waals surface area (Å²) in [6.45, 7) is 1.37. The number of hydrogen-bond donors (Lipinski definition) is 12. The van der Waals surface area contributed by atoms with Crippen molar-refractivity contribution in [1.82, 2.24) is 42.2 Å². The smallest absolute Gasteiger partial charge is 0.243 e. The summed E-state index contributed by atoms with van der Waals surface area (Å²) >= 11 is 0. The lowest BCUT2D eigenvalue weighted by molar-refractivity contribution is -0.136. The zero-order valence-electron chi connectivity index (χ0n) is 38.0. The van der Waals surface area contributed by atoms with E-state index in [1.807, 2.05) is 18.2 Å². The minimum absolute atomic E-state index is 0.0343. The van der Waals surface area contributed by atoms with Crippen LogP contribution in [-0.2, 0) is 62.4 Å². The number of hydrogen-bond acceptors (Lipinski definition) is 10. The molecule has 9 amide bonds. The third-order valence-electron chi connectivity index (χ3n) is 11.3. The molecule has 1 saturated heterocycles. The summed E-state index contributed by atoms with van der Waals surface area (Å²) in [7, 11) is 0. The molecule has 0 unspecified atom stereocenters. The first-order valence-corrected chi connectivity index (χ1v) is 22.3. The lowest BCUT2D eigenvalue weighted by Crippen LogP contribution is -2.60. The number of aromatic amines is 1. The quantitative estimate of drug-likeness (QED) is 0.0388. The molecule has 22 nitrogen and oxygen atoms in total. The van der Waals surface area contributed by atoms with Crippen LogP contribution in [0.15, 0.2) is 96.1 Å². The van der Waals surface area contributed by atoms with Crippen LogP contribution in [0.2, 0.25) is 0 Å². The number of benzene rings is 3. The first kappa shape index (κ1) is 51.7. The average Bonchev–Trinajstić information content (AvgIpc) is 3.72. The molecule has 16 N–H and O–H groups in total. The number of primary amides is 2. The van der Waals surface area contributed by atoms with Crippen molar-refractivity contribution in [1.29, 1.82) is 0 Å². The predicted molar refractivity (Wildman–Crippen MR) is 254 cm³/mol. The molecule has 0 bridgehead atoms. The average molecular weight is 950 g/mol. The Morgan fingerprint density at radius 3 is 1.67 bits per heavy atom. The van der Waals surface area contributed by atoms with Crippen LogP contribution in [-0.4, -0.2) is 113 Å². The highest BCUT2D eigenvalue weighted by atomic mass is 16.2. The largest absolute Gasteiger partial charge is 0.370 e. The summed E-state index contributed by atoms with van der Waals surface area (Å²) in [6, 6.07) is 14.4. The summed E-state index contributed by atoms with van der Waals surface area (Å²) < 4.78 is 0. The molecule has 69 heavy (non-hydrogen) atoms. The SMILES string of the molecule is C[C@@H]1NC(=O)[C@H](CC(N)=O)NC(=O)[C@@H](Cc2ccccc2)NC(=O)[C@H](Cc2c[nH]c3ccccc23)NC(=O)[C@H](CCCN=C(N)N)NC(=O)CC[C@@H](C(N)=O)NC(=O)[C@H](Cc2ccccc2)NC1=O. The third-order valence-corrected chi connectivity index (χ3v) is 11.3. The van der Waals surface area contributed by atoms with E-state index in [2.05, 4.69) is 47.2 Å². The van der Waals surface area contributed by atoms with Gasteiger partial charge in [0, 0.05) is 49.3 Å². The van der Waals surface area contributed by atoms with Gasteiger partial charge in [-0.1, -0.05) is 78.9 Å². The Labute approximate surface area is 397 Å². The molecular formula is C47H59N13O9. The minimum Gasteiger partial charge on any atom is -0.370 e. The Kier molecular flexibility index (Phi) is 18.7. The summed E-state index contributed by atoms with van der Waals surface area (Å²) in [4.78, 5) is 131. The Bertz CT molecular complexity index is 2510. The summed E-state index contributed by atoms with van der Waals surface area (Å²) in [5, 5.41) is 18.9. The summed E-state index contributed by atoms with van der Waals surface area (Å²) in [6.07, 6.45) is 0.0123. The number of carbonyl (C=O) groups is 9. The van der Waals surface area contributed by atoms with E-state index in [0.29, 0.717) is 16.7 Å². The van der Waals surface area contributed by atoms with Crippen LogP contribution >= 0.6 is 0 Å². The molecule has 1 aliphatic heterocycles. The number of aliphatic imine (C=N–C) groups is 1. The molecule has 0 saturated carbocycles. The fourth-order valence-corrected chi connectivity index (χ4v) is 7.62. The molecule has 0 spiro atoms. The number of para-hydroxylation sites is 1. The highest BCUT2D eigenvalue weighted by molar-refractivity contribution is 5.99. The van der Waals surface area contributed by atoms with Crippen LogP contribution in [0, 0.1) is 0 Å². The molecule has 1 aromatic heterocycles. The van der Waals surface area contributed by atoms with E-state index in [-0.39, 0.29) is 51.0 Å². The van der Waals surface area contributed by atoms with Gasteiger partial charge in [-0.2, -0.15) is 0 Å². The van der Waals surface area contributed by atoms with Gasteiger partial charge >= 0.3 is 0 Å². The van der Waals surface area contributed by atoms with Crippen LogP contribution in [0.1, 0.15) is 55.7 Å². The highest BCUT2D eigenvalue weighted by Crippen LogP contribution is 2.20. The van der Waals surface area contributed by atoms with Crippen molar-refractivity contribution in [3.63, 3.8) is 0 Å². The fourth-order valence-electron chi connectivity index (χ4n) is 7.62. The van der Waals surface area contributed by atoms with Crippen molar-refractivity contribution in [2.75, 3.05) is 6.54 Å². The van der Waals surface area contributed by atoms with Crippen molar-refractivity contribution in [2.45, 2.75) is 101 Å². The van der Waals surface area contributed by atoms with Crippen LogP contribution in [0.5, 0.6) is 0 Å². The van der Waals surface area contributed by atoms with Crippen molar-refractivity contribution in [3.05, 3.63) is 108 Å². The van der Waals surface area contributed by atoms with E-state index in [1.54, 1.807) is 72.9 Å². The normalized spacial score (nSPS) is 22.6. The third kappa shape index (κ3) is 15.9. The molecule has 0 aliphatic carbocycles. The number of carbonyl (C=O) groups excluding carboxylic acids is 9. The van der Waals surface area contributed by atoms with Gasteiger partial charge in [0.15, 0.2) is 5.96 Å². The van der Waals surface area contributed by atoms with Gasteiger partial charge in [-0.05, 0) is 48.9 Å². The molecule has 5 rings (SSSR count). The van der Waals surface area contributed by atoms with E-state index < -0.39 is 108 Å². The Morgan fingerprint density at radius 1 is 0.580 bits per heavy atom. The lowest BCUT2D eigenvalue weighted by Gasteiger charge is -2.27. The number of H-pyrrole nitrogens is 1. The number of nitrogens with two attached hydrogens (primary N) is 4. The van der Waals surface area contributed by atoms with Crippen molar-refractivity contribution < 1.29 is 43.2 Å². The van der Waals surface area contributed by atoms with Gasteiger partial charge in [-0.3, -0.25) is 48.1 Å². The first-order valence-electron chi connectivity index (χ1n) is 22.3. The van der Waals surface area contributed by atoms with Crippen molar-refractivity contribution in [3.8, 4) is 0 Å². The second kappa shape index (κ2) is 25.0. The maximum Gasteiger partial charge on any atom is 0.243 e. The minimum atomic E-state index is -1.66. The first-order chi connectivity index (χ1) is 33.0. The maximum absolute atomic E-state index is 14.6. The number of fused-ring (bicyclic) bond motifs is 1. The number of aromatic nitrogens is 1. The topological polar surface area (TPSA) is 370 Å². The Balaban J connectivity index is 1.55. The highest BCUT2D eigenvalue weighted by Gasteiger charge is 2.35. The molecule has 1 fully saturated rings. The van der Waals surface area contributed by atoms with E-state index in [1.165, 1.54) is 6.92 Å². The molecule has 0 radical (unpaired) electrons.